The molecule has 0 amide bonds. The van der Waals surface area contributed by atoms with Crippen molar-refractivity contribution in [1.29, 1.82) is 0 Å². The van der Waals surface area contributed by atoms with Crippen molar-refractivity contribution >= 4 is 5.96 Å². The molecule has 4 heteroatoms. The van der Waals surface area contributed by atoms with Crippen molar-refractivity contribution in [3.8, 4) is 0 Å². The minimum Gasteiger partial charge on any atom is -0.377 e. The van der Waals surface area contributed by atoms with Crippen molar-refractivity contribution < 1.29 is 4.74 Å². The Morgan fingerprint density at radius 3 is 2.71 bits per heavy atom. The van der Waals surface area contributed by atoms with Crippen LogP contribution in [0, 0.1) is 0 Å². The van der Waals surface area contributed by atoms with Crippen molar-refractivity contribution in [2.45, 2.75) is 57.1 Å². The monoisotopic (exact) mass is 239 g/mol. The summed E-state index contributed by atoms with van der Waals surface area (Å²) in [6.45, 7) is 4.04. The molecule has 2 fully saturated rings. The highest BCUT2D eigenvalue weighted by atomic mass is 16.5. The van der Waals surface area contributed by atoms with Crippen LogP contribution in [0.1, 0.15) is 45.4 Å². The van der Waals surface area contributed by atoms with Crippen LogP contribution in [0.25, 0.3) is 0 Å². The summed E-state index contributed by atoms with van der Waals surface area (Å²) in [4.78, 5) is 6.85. The maximum atomic E-state index is 6.12. The SMILES string of the molecule is COC1(C)CCCN(C(N)=NC2CCCC2)C1. The highest BCUT2D eigenvalue weighted by Crippen LogP contribution is 2.25. The predicted octanol–water partition coefficient (Wildman–Crippen LogP) is 1.74. The third-order valence-electron chi connectivity index (χ3n) is 4.12. The molecule has 98 valence electrons. The average Bonchev–Trinajstić information content (AvgIpc) is 2.82. The van der Waals surface area contributed by atoms with E-state index in [1.54, 1.807) is 7.11 Å². The topological polar surface area (TPSA) is 50.9 Å². The van der Waals surface area contributed by atoms with E-state index >= 15 is 0 Å². The predicted molar refractivity (Wildman–Crippen MR) is 70.1 cm³/mol. The molecule has 2 N–H and O–H groups in total. The van der Waals surface area contributed by atoms with Gasteiger partial charge < -0.3 is 15.4 Å². The lowest BCUT2D eigenvalue weighted by atomic mass is 9.95. The van der Waals surface area contributed by atoms with E-state index in [2.05, 4.69) is 16.8 Å². The van der Waals surface area contributed by atoms with Crippen LogP contribution in [0.5, 0.6) is 0 Å². The molecule has 1 heterocycles. The minimum absolute atomic E-state index is 0.0614. The zero-order valence-corrected chi connectivity index (χ0v) is 11.1. The second-order valence-corrected chi connectivity index (χ2v) is 5.60. The zero-order chi connectivity index (χ0) is 12.3. The van der Waals surface area contributed by atoms with Gasteiger partial charge in [-0.1, -0.05) is 12.8 Å². The van der Waals surface area contributed by atoms with Crippen molar-refractivity contribution in [1.82, 2.24) is 4.90 Å². The Labute approximate surface area is 104 Å². The Kier molecular flexibility index (Phi) is 3.92. The summed E-state index contributed by atoms with van der Waals surface area (Å²) in [6, 6.07) is 0.464. The van der Waals surface area contributed by atoms with Gasteiger partial charge in [-0.3, -0.25) is 0 Å². The van der Waals surface area contributed by atoms with Crippen LogP contribution in [0.4, 0.5) is 0 Å². The summed E-state index contributed by atoms with van der Waals surface area (Å²) in [5.74, 6) is 0.722. The summed E-state index contributed by atoms with van der Waals surface area (Å²) in [7, 11) is 1.79. The van der Waals surface area contributed by atoms with Gasteiger partial charge in [0.05, 0.1) is 11.6 Å². The first kappa shape index (κ1) is 12.7. The smallest absolute Gasteiger partial charge is 0.191 e. The number of hydrogen-bond acceptors (Lipinski definition) is 2. The van der Waals surface area contributed by atoms with Gasteiger partial charge in [0.2, 0.25) is 0 Å². The van der Waals surface area contributed by atoms with E-state index in [-0.39, 0.29) is 5.60 Å². The van der Waals surface area contributed by atoms with Crippen molar-refractivity contribution in [3.05, 3.63) is 0 Å². The van der Waals surface area contributed by atoms with E-state index in [0.29, 0.717) is 6.04 Å². The molecule has 0 bridgehead atoms. The van der Waals surface area contributed by atoms with Gasteiger partial charge in [0, 0.05) is 20.2 Å². The van der Waals surface area contributed by atoms with E-state index < -0.39 is 0 Å². The van der Waals surface area contributed by atoms with Gasteiger partial charge in [-0.25, -0.2) is 4.99 Å². The van der Waals surface area contributed by atoms with Gasteiger partial charge in [0.15, 0.2) is 5.96 Å². The van der Waals surface area contributed by atoms with Crippen molar-refractivity contribution in [2.24, 2.45) is 10.7 Å². The molecule has 4 nitrogen and oxygen atoms in total. The molecule has 1 atom stereocenters. The minimum atomic E-state index is -0.0614. The van der Waals surface area contributed by atoms with Crippen LogP contribution >= 0.6 is 0 Å². The highest BCUT2D eigenvalue weighted by molar-refractivity contribution is 5.78. The second-order valence-electron chi connectivity index (χ2n) is 5.60. The van der Waals surface area contributed by atoms with Crippen LogP contribution in [0.3, 0.4) is 0 Å². The highest BCUT2D eigenvalue weighted by Gasteiger charge is 2.31. The average molecular weight is 239 g/mol. The Bertz CT molecular complexity index is 286. The largest absolute Gasteiger partial charge is 0.377 e. The molecule has 2 rings (SSSR count). The normalized spacial score (nSPS) is 32.1. The van der Waals surface area contributed by atoms with Gasteiger partial charge in [0.25, 0.3) is 0 Å². The Balaban J connectivity index is 1.96. The van der Waals surface area contributed by atoms with Gasteiger partial charge in [-0.2, -0.15) is 0 Å². The molecule has 0 radical (unpaired) electrons. The Morgan fingerprint density at radius 2 is 2.06 bits per heavy atom. The molecule has 0 spiro atoms. The van der Waals surface area contributed by atoms with Crippen LogP contribution in [0.2, 0.25) is 0 Å². The van der Waals surface area contributed by atoms with Gasteiger partial charge >= 0.3 is 0 Å². The number of piperidine rings is 1. The van der Waals surface area contributed by atoms with Crippen LogP contribution in [-0.2, 0) is 4.74 Å². The van der Waals surface area contributed by atoms with Gasteiger partial charge in [-0.05, 0) is 32.6 Å². The molecule has 0 aromatic carbocycles. The number of guanidine groups is 1. The summed E-state index contributed by atoms with van der Waals surface area (Å²) >= 11 is 0. The molecule has 1 aliphatic carbocycles. The molecule has 2 aliphatic rings. The zero-order valence-electron chi connectivity index (χ0n) is 11.1. The van der Waals surface area contributed by atoms with E-state index in [4.69, 9.17) is 10.5 Å². The fourth-order valence-electron chi connectivity index (χ4n) is 2.87. The summed E-state index contributed by atoms with van der Waals surface area (Å²) < 4.78 is 5.58. The molecule has 0 aromatic rings. The van der Waals surface area contributed by atoms with Crippen LogP contribution < -0.4 is 5.73 Å². The third-order valence-corrected chi connectivity index (χ3v) is 4.12. The first-order valence-corrected chi connectivity index (χ1v) is 6.76. The fourth-order valence-corrected chi connectivity index (χ4v) is 2.87. The summed E-state index contributed by atoms with van der Waals surface area (Å²) in [5.41, 5.74) is 6.06. The first-order chi connectivity index (χ1) is 8.13. The Morgan fingerprint density at radius 1 is 1.35 bits per heavy atom. The fraction of sp³-hybridized carbons (Fsp3) is 0.923. The molecule has 1 unspecified atom stereocenters. The maximum absolute atomic E-state index is 6.12. The second kappa shape index (κ2) is 5.25. The molecule has 1 aliphatic heterocycles. The number of rotatable bonds is 2. The first-order valence-electron chi connectivity index (χ1n) is 6.76. The van der Waals surface area contributed by atoms with E-state index in [1.165, 1.54) is 25.7 Å². The summed E-state index contributed by atoms with van der Waals surface area (Å²) in [5, 5.41) is 0. The van der Waals surface area contributed by atoms with E-state index in [9.17, 15) is 0 Å². The molecule has 1 saturated carbocycles. The standard InChI is InChI=1S/C13H25N3O/c1-13(17-2)8-5-9-16(10-13)12(14)15-11-6-3-4-7-11/h11H,3-10H2,1-2H3,(H2,14,15). The number of methoxy groups -OCH3 is 1. The molecule has 0 aromatic heterocycles. The number of ether oxygens (including phenoxy) is 1. The molecule has 1 saturated heterocycles. The van der Waals surface area contributed by atoms with Crippen molar-refractivity contribution in [2.75, 3.05) is 20.2 Å². The quantitative estimate of drug-likeness (QED) is 0.590. The molecular weight excluding hydrogens is 214 g/mol. The lowest BCUT2D eigenvalue weighted by molar-refractivity contribution is -0.0352. The van der Waals surface area contributed by atoms with E-state index in [1.807, 2.05) is 0 Å². The number of aliphatic imine (C=N–C) groups is 1. The van der Waals surface area contributed by atoms with Crippen molar-refractivity contribution in [3.63, 3.8) is 0 Å². The number of nitrogens with two attached hydrogens (primary N) is 1. The third kappa shape index (κ3) is 3.12. The van der Waals surface area contributed by atoms with E-state index in [0.717, 1.165) is 31.9 Å². The van der Waals surface area contributed by atoms with Gasteiger partial charge in [-0.15, -0.1) is 0 Å². The number of hydrogen-bond donors (Lipinski definition) is 1. The number of likely N-dealkylation sites (tertiary alicyclic amines) is 1. The Hall–Kier alpha value is -0.770. The maximum Gasteiger partial charge on any atom is 0.191 e. The summed E-state index contributed by atoms with van der Waals surface area (Å²) in [6.07, 6.45) is 7.25. The molecule has 17 heavy (non-hydrogen) atoms. The van der Waals surface area contributed by atoms with Crippen LogP contribution in [0.15, 0.2) is 4.99 Å². The number of nitrogens with zero attached hydrogens (tertiary/aromatic N) is 2. The lowest BCUT2D eigenvalue weighted by Gasteiger charge is -2.40. The van der Waals surface area contributed by atoms with Gasteiger partial charge in [0.1, 0.15) is 0 Å². The lowest BCUT2D eigenvalue weighted by Crippen LogP contribution is -2.52. The van der Waals surface area contributed by atoms with Crippen LogP contribution in [-0.4, -0.2) is 42.7 Å². The molecular formula is C13H25N3O.